The van der Waals surface area contributed by atoms with Crippen LogP contribution in [0.2, 0.25) is 0 Å². The van der Waals surface area contributed by atoms with E-state index < -0.39 is 17.7 Å². The highest BCUT2D eigenvalue weighted by molar-refractivity contribution is 6.51. The minimum Gasteiger partial charge on any atom is -0.507 e. The molecule has 0 bridgehead atoms. The highest BCUT2D eigenvalue weighted by atomic mass is 16.5. The van der Waals surface area contributed by atoms with Gasteiger partial charge < -0.3 is 14.6 Å². The molecule has 6 nitrogen and oxygen atoms in total. The fraction of sp³-hybridized carbons (Fsp3) is 0.290. The van der Waals surface area contributed by atoms with Crippen molar-refractivity contribution in [1.29, 1.82) is 0 Å². The van der Waals surface area contributed by atoms with E-state index >= 15 is 0 Å². The Morgan fingerprint density at radius 2 is 1.73 bits per heavy atom. The van der Waals surface area contributed by atoms with Gasteiger partial charge in [-0.1, -0.05) is 44.2 Å². The molecule has 3 aromatic rings. The molecule has 1 saturated heterocycles. The van der Waals surface area contributed by atoms with Crippen LogP contribution in [0.3, 0.4) is 0 Å². The van der Waals surface area contributed by atoms with Crippen LogP contribution in [-0.2, 0) is 9.59 Å². The van der Waals surface area contributed by atoms with Gasteiger partial charge in [-0.05, 0) is 73.2 Å². The van der Waals surface area contributed by atoms with Crippen molar-refractivity contribution in [2.45, 2.75) is 46.6 Å². The van der Waals surface area contributed by atoms with Gasteiger partial charge in [0.15, 0.2) is 0 Å². The van der Waals surface area contributed by atoms with Crippen LogP contribution in [0.15, 0.2) is 66.2 Å². The van der Waals surface area contributed by atoms with Crippen molar-refractivity contribution < 1.29 is 24.2 Å². The highest BCUT2D eigenvalue weighted by Crippen LogP contribution is 2.44. The number of hydrogen-bond donors (Lipinski definition) is 1. The van der Waals surface area contributed by atoms with E-state index in [0.717, 1.165) is 22.3 Å². The number of anilines is 1. The highest BCUT2D eigenvalue weighted by Gasteiger charge is 2.47. The normalized spacial score (nSPS) is 16.9. The number of aliphatic hydroxyl groups is 1. The number of Topliss-reactive ketones (excluding diaryl/α,β-unsaturated/α-hetero) is 1. The molecular weight excluding hydrogens is 466 g/mol. The summed E-state index contributed by atoms with van der Waals surface area (Å²) in [5.41, 5.74) is 4.40. The van der Waals surface area contributed by atoms with Crippen molar-refractivity contribution in [2.24, 2.45) is 0 Å². The van der Waals surface area contributed by atoms with Gasteiger partial charge in [0, 0.05) is 17.3 Å². The SMILES string of the molecule is CCOc1cccc(N2C(=O)C(=O)/C(=C(/O)c3cc(C(C)C)c(OC)cc3C)C2c2ccccc2C)c1. The van der Waals surface area contributed by atoms with Crippen LogP contribution in [0, 0.1) is 13.8 Å². The maximum Gasteiger partial charge on any atom is 0.300 e. The number of nitrogens with zero attached hydrogens (tertiary/aromatic N) is 1. The molecule has 37 heavy (non-hydrogen) atoms. The van der Waals surface area contributed by atoms with E-state index in [2.05, 4.69) is 0 Å². The molecule has 0 radical (unpaired) electrons. The maximum absolute atomic E-state index is 13.6. The summed E-state index contributed by atoms with van der Waals surface area (Å²) in [6.07, 6.45) is 0. The predicted molar refractivity (Wildman–Crippen MR) is 145 cm³/mol. The number of ether oxygens (including phenoxy) is 2. The summed E-state index contributed by atoms with van der Waals surface area (Å²) < 4.78 is 11.2. The summed E-state index contributed by atoms with van der Waals surface area (Å²) in [4.78, 5) is 28.6. The Kier molecular flexibility index (Phi) is 7.39. The molecule has 1 aliphatic heterocycles. The second-order valence-corrected chi connectivity index (χ2v) is 9.52. The van der Waals surface area contributed by atoms with Gasteiger partial charge in [0.2, 0.25) is 0 Å². The average molecular weight is 500 g/mol. The van der Waals surface area contributed by atoms with Crippen molar-refractivity contribution in [3.05, 3.63) is 94.1 Å². The lowest BCUT2D eigenvalue weighted by Crippen LogP contribution is -2.29. The van der Waals surface area contributed by atoms with Crippen molar-refractivity contribution in [3.63, 3.8) is 0 Å². The third kappa shape index (κ3) is 4.71. The zero-order valence-electron chi connectivity index (χ0n) is 22.2. The Morgan fingerprint density at radius 1 is 1.00 bits per heavy atom. The number of rotatable bonds is 7. The smallest absolute Gasteiger partial charge is 0.300 e. The maximum atomic E-state index is 13.6. The average Bonchev–Trinajstić information content (AvgIpc) is 3.14. The van der Waals surface area contributed by atoms with Gasteiger partial charge in [0.1, 0.15) is 17.3 Å². The molecule has 0 spiro atoms. The summed E-state index contributed by atoms with van der Waals surface area (Å²) in [5.74, 6) is -0.187. The van der Waals surface area contributed by atoms with Gasteiger partial charge in [-0.15, -0.1) is 0 Å². The molecule has 1 N–H and O–H groups in total. The summed E-state index contributed by atoms with van der Waals surface area (Å²) in [7, 11) is 1.61. The van der Waals surface area contributed by atoms with Gasteiger partial charge in [-0.2, -0.15) is 0 Å². The van der Waals surface area contributed by atoms with Gasteiger partial charge in [-0.3, -0.25) is 14.5 Å². The molecule has 192 valence electrons. The van der Waals surface area contributed by atoms with Crippen molar-refractivity contribution in [3.8, 4) is 11.5 Å². The van der Waals surface area contributed by atoms with Gasteiger partial charge in [-0.25, -0.2) is 0 Å². The Balaban J connectivity index is 1.99. The van der Waals surface area contributed by atoms with E-state index in [1.807, 2.05) is 71.0 Å². The van der Waals surface area contributed by atoms with E-state index in [0.29, 0.717) is 29.4 Å². The Labute approximate surface area is 218 Å². The third-order valence-electron chi connectivity index (χ3n) is 6.79. The lowest BCUT2D eigenvalue weighted by molar-refractivity contribution is -0.132. The van der Waals surface area contributed by atoms with Crippen LogP contribution in [0.25, 0.3) is 5.76 Å². The molecule has 4 rings (SSSR count). The first-order valence-corrected chi connectivity index (χ1v) is 12.5. The number of benzene rings is 3. The monoisotopic (exact) mass is 499 g/mol. The fourth-order valence-corrected chi connectivity index (χ4v) is 4.90. The molecular formula is C31H33NO5. The zero-order valence-corrected chi connectivity index (χ0v) is 22.2. The van der Waals surface area contributed by atoms with Crippen LogP contribution in [0.5, 0.6) is 11.5 Å². The predicted octanol–water partition coefficient (Wildman–Crippen LogP) is 6.46. The molecule has 1 amide bonds. The number of aryl methyl sites for hydroxylation is 2. The van der Waals surface area contributed by atoms with Gasteiger partial charge in [0.05, 0.1) is 25.3 Å². The summed E-state index contributed by atoms with van der Waals surface area (Å²) in [5, 5.41) is 11.7. The Morgan fingerprint density at radius 3 is 2.38 bits per heavy atom. The quantitative estimate of drug-likeness (QED) is 0.229. The molecule has 1 atom stereocenters. The summed E-state index contributed by atoms with van der Waals surface area (Å²) >= 11 is 0. The molecule has 0 aliphatic carbocycles. The summed E-state index contributed by atoms with van der Waals surface area (Å²) in [6.45, 7) is 10.2. The second kappa shape index (κ2) is 10.5. The van der Waals surface area contributed by atoms with Gasteiger partial charge in [0.25, 0.3) is 11.7 Å². The molecule has 3 aromatic carbocycles. The van der Waals surface area contributed by atoms with Crippen LogP contribution in [-0.4, -0.2) is 30.5 Å². The lowest BCUT2D eigenvalue weighted by Gasteiger charge is -2.27. The number of amides is 1. The fourth-order valence-electron chi connectivity index (χ4n) is 4.90. The minimum atomic E-state index is -0.804. The molecule has 1 aliphatic rings. The van der Waals surface area contributed by atoms with Crippen molar-refractivity contribution >= 4 is 23.1 Å². The van der Waals surface area contributed by atoms with Crippen LogP contribution in [0.4, 0.5) is 5.69 Å². The van der Waals surface area contributed by atoms with E-state index in [4.69, 9.17) is 9.47 Å². The number of aliphatic hydroxyl groups excluding tert-OH is 1. The largest absolute Gasteiger partial charge is 0.507 e. The van der Waals surface area contributed by atoms with Crippen molar-refractivity contribution in [2.75, 3.05) is 18.6 Å². The standard InChI is InChI=1S/C31H33NO5/c1-7-37-22-13-10-12-21(16-22)32-28(23-14-9-8-11-19(23)4)27(30(34)31(32)35)29(33)25-17-24(18(2)3)26(36-6)15-20(25)5/h8-18,28,33H,7H2,1-6H3/b29-27+. The Bertz CT molecular complexity index is 1390. The molecule has 1 heterocycles. The number of ketones is 1. The summed E-state index contributed by atoms with van der Waals surface area (Å²) in [6, 6.07) is 17.6. The lowest BCUT2D eigenvalue weighted by atomic mass is 9.89. The molecule has 0 aromatic heterocycles. The number of carbonyl (C=O) groups is 2. The molecule has 6 heteroatoms. The van der Waals surface area contributed by atoms with E-state index in [1.54, 1.807) is 31.4 Å². The van der Waals surface area contributed by atoms with Crippen LogP contribution in [0.1, 0.15) is 60.5 Å². The van der Waals surface area contributed by atoms with Gasteiger partial charge >= 0.3 is 0 Å². The van der Waals surface area contributed by atoms with E-state index in [-0.39, 0.29) is 17.3 Å². The first-order chi connectivity index (χ1) is 17.7. The number of carbonyl (C=O) groups excluding carboxylic acids is 2. The van der Waals surface area contributed by atoms with Crippen molar-refractivity contribution in [1.82, 2.24) is 0 Å². The van der Waals surface area contributed by atoms with Crippen LogP contribution >= 0.6 is 0 Å². The first-order valence-electron chi connectivity index (χ1n) is 12.5. The number of hydrogen-bond acceptors (Lipinski definition) is 5. The minimum absolute atomic E-state index is 0.0593. The Hall–Kier alpha value is -4.06. The third-order valence-corrected chi connectivity index (χ3v) is 6.79. The van der Waals surface area contributed by atoms with E-state index in [9.17, 15) is 14.7 Å². The topological polar surface area (TPSA) is 76.1 Å². The molecule has 1 unspecified atom stereocenters. The zero-order chi connectivity index (χ0) is 26.9. The number of methoxy groups -OCH3 is 1. The van der Waals surface area contributed by atoms with E-state index in [1.165, 1.54) is 4.90 Å². The first kappa shape index (κ1) is 26.0. The second-order valence-electron chi connectivity index (χ2n) is 9.52. The molecule has 1 fully saturated rings. The van der Waals surface area contributed by atoms with Crippen LogP contribution < -0.4 is 14.4 Å². The molecule has 0 saturated carbocycles.